The molecule has 0 radical (unpaired) electrons. The van der Waals surface area contributed by atoms with Crippen molar-refractivity contribution in [1.29, 1.82) is 5.26 Å². The molecule has 0 aromatic carbocycles. The number of nitriles is 1. The largest absolute Gasteiger partial charge is 0.342 e. The van der Waals surface area contributed by atoms with E-state index in [2.05, 4.69) is 0 Å². The van der Waals surface area contributed by atoms with Crippen molar-refractivity contribution in [2.24, 2.45) is 0 Å². The molecule has 0 aliphatic carbocycles. The van der Waals surface area contributed by atoms with E-state index in [0.717, 1.165) is 17.1 Å². The van der Waals surface area contributed by atoms with Crippen molar-refractivity contribution < 1.29 is 13.2 Å². The molecule has 1 unspecified atom stereocenters. The van der Waals surface area contributed by atoms with Crippen LogP contribution < -0.4 is 0 Å². The van der Waals surface area contributed by atoms with Gasteiger partial charge in [0.1, 0.15) is 0 Å². The van der Waals surface area contributed by atoms with E-state index in [1.54, 1.807) is 11.0 Å². The fraction of sp³-hybridized carbons (Fsp3) is 0.800. The van der Waals surface area contributed by atoms with Crippen LogP contribution in [0.4, 0.5) is 0 Å². The number of likely N-dealkylation sites (N-methyl/N-ethyl adjacent to an activating group) is 1. The SMILES string of the molecule is CC(C#N)S(=O)(=O)N(C)CC(=O)N1CCCC1. The Kier molecular flexibility index (Phi) is 4.48. The van der Waals surface area contributed by atoms with Gasteiger partial charge in [0.2, 0.25) is 15.9 Å². The second-order valence-electron chi connectivity index (χ2n) is 4.16. The topological polar surface area (TPSA) is 81.5 Å². The van der Waals surface area contributed by atoms with Crippen LogP contribution >= 0.6 is 0 Å². The lowest BCUT2D eigenvalue weighted by molar-refractivity contribution is -0.130. The molecule has 0 N–H and O–H groups in total. The average Bonchev–Trinajstić information content (AvgIpc) is 2.81. The third kappa shape index (κ3) is 3.17. The zero-order valence-corrected chi connectivity index (χ0v) is 10.9. The minimum Gasteiger partial charge on any atom is -0.342 e. The van der Waals surface area contributed by atoms with Crippen molar-refractivity contribution in [3.05, 3.63) is 0 Å². The summed E-state index contributed by atoms with van der Waals surface area (Å²) in [6.07, 6.45) is 1.94. The molecule has 1 saturated heterocycles. The summed E-state index contributed by atoms with van der Waals surface area (Å²) in [4.78, 5) is 13.4. The second-order valence-corrected chi connectivity index (χ2v) is 6.52. The van der Waals surface area contributed by atoms with E-state index in [0.29, 0.717) is 13.1 Å². The van der Waals surface area contributed by atoms with Gasteiger partial charge in [-0.15, -0.1) is 0 Å². The van der Waals surface area contributed by atoms with E-state index in [1.807, 2.05) is 0 Å². The summed E-state index contributed by atoms with van der Waals surface area (Å²) < 4.78 is 24.4. The molecule has 1 aliphatic heterocycles. The summed E-state index contributed by atoms with van der Waals surface area (Å²) in [6.45, 7) is 2.52. The molecule has 1 heterocycles. The molecule has 7 heteroatoms. The molecule has 0 bridgehead atoms. The first-order chi connectivity index (χ1) is 7.89. The van der Waals surface area contributed by atoms with Gasteiger partial charge in [-0.3, -0.25) is 4.79 Å². The fourth-order valence-electron chi connectivity index (χ4n) is 1.68. The molecule has 0 spiro atoms. The van der Waals surface area contributed by atoms with Gasteiger partial charge in [-0.1, -0.05) is 0 Å². The molecule has 0 saturated carbocycles. The zero-order valence-electron chi connectivity index (χ0n) is 10.1. The van der Waals surface area contributed by atoms with Gasteiger partial charge in [-0.05, 0) is 19.8 Å². The second kappa shape index (κ2) is 5.47. The lowest BCUT2D eigenvalue weighted by Crippen LogP contribution is -2.42. The lowest BCUT2D eigenvalue weighted by Gasteiger charge is -2.21. The Balaban J connectivity index is 2.63. The van der Waals surface area contributed by atoms with Gasteiger partial charge in [0, 0.05) is 20.1 Å². The van der Waals surface area contributed by atoms with Crippen LogP contribution in [0.5, 0.6) is 0 Å². The number of likely N-dealkylation sites (tertiary alicyclic amines) is 1. The molecule has 1 amide bonds. The first-order valence-electron chi connectivity index (χ1n) is 5.52. The Morgan fingerprint density at radius 1 is 1.47 bits per heavy atom. The third-order valence-corrected chi connectivity index (χ3v) is 4.88. The highest BCUT2D eigenvalue weighted by atomic mass is 32.2. The highest BCUT2D eigenvalue weighted by molar-refractivity contribution is 7.89. The zero-order chi connectivity index (χ0) is 13.1. The monoisotopic (exact) mass is 259 g/mol. The summed E-state index contributed by atoms with van der Waals surface area (Å²) in [5.41, 5.74) is 0. The fourth-order valence-corrected chi connectivity index (χ4v) is 2.65. The van der Waals surface area contributed by atoms with Crippen molar-refractivity contribution in [2.75, 3.05) is 26.7 Å². The maximum absolute atomic E-state index is 11.8. The molecule has 1 atom stereocenters. The molecular formula is C10H17N3O3S. The predicted octanol–water partition coefficient (Wildman–Crippen LogP) is -0.218. The van der Waals surface area contributed by atoms with Gasteiger partial charge in [0.15, 0.2) is 5.25 Å². The quantitative estimate of drug-likeness (QED) is 0.699. The van der Waals surface area contributed by atoms with Crippen molar-refractivity contribution in [2.45, 2.75) is 25.0 Å². The van der Waals surface area contributed by atoms with Crippen molar-refractivity contribution in [3.63, 3.8) is 0 Å². The van der Waals surface area contributed by atoms with Gasteiger partial charge >= 0.3 is 0 Å². The molecule has 1 aliphatic rings. The molecule has 1 rings (SSSR count). The lowest BCUT2D eigenvalue weighted by atomic mass is 10.4. The highest BCUT2D eigenvalue weighted by Gasteiger charge is 2.29. The van der Waals surface area contributed by atoms with Crippen LogP contribution in [0.1, 0.15) is 19.8 Å². The Bertz CT molecular complexity index is 421. The summed E-state index contributed by atoms with van der Waals surface area (Å²) >= 11 is 0. The molecule has 6 nitrogen and oxygen atoms in total. The first kappa shape index (κ1) is 13.9. The molecule has 96 valence electrons. The van der Waals surface area contributed by atoms with E-state index in [4.69, 9.17) is 5.26 Å². The maximum Gasteiger partial charge on any atom is 0.237 e. The Morgan fingerprint density at radius 2 is 2.00 bits per heavy atom. The first-order valence-corrected chi connectivity index (χ1v) is 7.02. The van der Waals surface area contributed by atoms with E-state index in [-0.39, 0.29) is 12.5 Å². The van der Waals surface area contributed by atoms with Gasteiger partial charge in [0.25, 0.3) is 0 Å². The van der Waals surface area contributed by atoms with Crippen LogP contribution in [0, 0.1) is 11.3 Å². The predicted molar refractivity (Wildman–Crippen MR) is 62.4 cm³/mol. The highest BCUT2D eigenvalue weighted by Crippen LogP contribution is 2.10. The minimum atomic E-state index is -3.69. The van der Waals surface area contributed by atoms with Crippen LogP contribution in [0.3, 0.4) is 0 Å². The maximum atomic E-state index is 11.8. The summed E-state index contributed by atoms with van der Waals surface area (Å²) in [5.74, 6) is -0.196. The van der Waals surface area contributed by atoms with Crippen LogP contribution in [-0.2, 0) is 14.8 Å². The molecule has 1 fully saturated rings. The minimum absolute atomic E-state index is 0.186. The molecule has 0 aromatic rings. The number of sulfonamides is 1. The number of rotatable bonds is 4. The number of carbonyl (C=O) groups is 1. The van der Waals surface area contributed by atoms with E-state index >= 15 is 0 Å². The van der Waals surface area contributed by atoms with E-state index in [9.17, 15) is 13.2 Å². The summed E-state index contributed by atoms with van der Waals surface area (Å²) in [6, 6.07) is 1.67. The average molecular weight is 259 g/mol. The standard InChI is InChI=1S/C10H17N3O3S/c1-9(7-11)17(15,16)12(2)8-10(14)13-5-3-4-6-13/h9H,3-6,8H2,1-2H3. The number of carbonyl (C=O) groups excluding carboxylic acids is 1. The Labute approximate surface area is 102 Å². The van der Waals surface area contributed by atoms with E-state index < -0.39 is 15.3 Å². The summed E-state index contributed by atoms with van der Waals surface area (Å²) in [7, 11) is -2.36. The number of nitrogens with zero attached hydrogens (tertiary/aromatic N) is 3. The number of hydrogen-bond donors (Lipinski definition) is 0. The van der Waals surface area contributed by atoms with Crippen LogP contribution in [-0.4, -0.2) is 55.5 Å². The van der Waals surface area contributed by atoms with Crippen molar-refractivity contribution in [1.82, 2.24) is 9.21 Å². The van der Waals surface area contributed by atoms with E-state index in [1.165, 1.54) is 14.0 Å². The Morgan fingerprint density at radius 3 is 2.47 bits per heavy atom. The Hall–Kier alpha value is -1.13. The molecule has 17 heavy (non-hydrogen) atoms. The van der Waals surface area contributed by atoms with Gasteiger partial charge in [0.05, 0.1) is 12.6 Å². The third-order valence-electron chi connectivity index (χ3n) is 2.88. The van der Waals surface area contributed by atoms with Crippen LogP contribution in [0.15, 0.2) is 0 Å². The van der Waals surface area contributed by atoms with Crippen molar-refractivity contribution in [3.8, 4) is 6.07 Å². The van der Waals surface area contributed by atoms with Crippen molar-refractivity contribution >= 4 is 15.9 Å². The van der Waals surface area contributed by atoms with Crippen LogP contribution in [0.25, 0.3) is 0 Å². The van der Waals surface area contributed by atoms with Gasteiger partial charge in [-0.2, -0.15) is 9.57 Å². The number of amides is 1. The summed E-state index contributed by atoms with van der Waals surface area (Å²) in [5, 5.41) is 7.49. The molecule has 0 aromatic heterocycles. The number of hydrogen-bond acceptors (Lipinski definition) is 4. The normalized spacial score (nSPS) is 18.1. The van der Waals surface area contributed by atoms with Gasteiger partial charge in [-0.25, -0.2) is 8.42 Å². The van der Waals surface area contributed by atoms with Gasteiger partial charge < -0.3 is 4.90 Å². The van der Waals surface area contributed by atoms with Crippen LogP contribution in [0.2, 0.25) is 0 Å². The smallest absolute Gasteiger partial charge is 0.237 e. The molecular weight excluding hydrogens is 242 g/mol.